The summed E-state index contributed by atoms with van der Waals surface area (Å²) < 4.78 is 0. The van der Waals surface area contributed by atoms with E-state index in [4.69, 9.17) is 0 Å². The summed E-state index contributed by atoms with van der Waals surface area (Å²) >= 11 is 0. The van der Waals surface area contributed by atoms with E-state index < -0.39 is 18.3 Å². The van der Waals surface area contributed by atoms with Gasteiger partial charge in [0.25, 0.3) is 0 Å². The minimum absolute atomic E-state index is 0.00118. The maximum Gasteiger partial charge on any atom is 0.230 e. The molecule has 0 aromatic heterocycles. The Bertz CT molecular complexity index is 942. The highest BCUT2D eigenvalue weighted by molar-refractivity contribution is 5.85. The monoisotopic (exact) mass is 465 g/mol. The second kappa shape index (κ2) is 10.6. The van der Waals surface area contributed by atoms with Crippen molar-refractivity contribution in [2.24, 2.45) is 23.7 Å². The molecule has 0 aromatic rings. The highest BCUT2D eigenvalue weighted by Crippen LogP contribution is 2.47. The average Bonchev–Trinajstić information content (AvgIpc) is 3.28. The van der Waals surface area contributed by atoms with Crippen molar-refractivity contribution in [3.05, 3.63) is 71.9 Å². The maximum atomic E-state index is 13.6. The molecule has 1 amide bonds. The van der Waals surface area contributed by atoms with Gasteiger partial charge in [0, 0.05) is 23.8 Å². The molecule has 184 valence electrons. The number of allylic oxidation sites excluding steroid dienone is 7. The summed E-state index contributed by atoms with van der Waals surface area (Å²) in [5.41, 5.74) is 2.04. The molecule has 0 saturated carbocycles. The number of unbranched alkanes of at least 4 members (excludes halogenated alkanes) is 1. The predicted molar refractivity (Wildman–Crippen MR) is 135 cm³/mol. The predicted octanol–water partition coefficient (Wildman–Crippen LogP) is 3.85. The van der Waals surface area contributed by atoms with Crippen molar-refractivity contribution in [1.82, 2.24) is 4.90 Å². The summed E-state index contributed by atoms with van der Waals surface area (Å²) in [6.45, 7) is 6.16. The van der Waals surface area contributed by atoms with Gasteiger partial charge in [-0.15, -0.1) is 0 Å². The van der Waals surface area contributed by atoms with Gasteiger partial charge in [-0.3, -0.25) is 4.79 Å². The number of fused-ring (bicyclic) bond motifs is 4. The first-order valence-electron chi connectivity index (χ1n) is 12.7. The van der Waals surface area contributed by atoms with E-state index in [0.29, 0.717) is 6.42 Å². The Morgan fingerprint density at radius 3 is 2.56 bits per heavy atom. The third kappa shape index (κ3) is 4.66. The second-order valence-corrected chi connectivity index (χ2v) is 10.3. The van der Waals surface area contributed by atoms with Crippen LogP contribution >= 0.6 is 0 Å². The fourth-order valence-electron chi connectivity index (χ4n) is 6.36. The van der Waals surface area contributed by atoms with Crippen molar-refractivity contribution in [2.45, 2.75) is 76.9 Å². The van der Waals surface area contributed by atoms with Gasteiger partial charge in [-0.05, 0) is 33.1 Å². The van der Waals surface area contributed by atoms with Crippen LogP contribution in [-0.4, -0.2) is 56.5 Å². The molecule has 3 N–H and O–H groups in total. The highest BCUT2D eigenvalue weighted by Gasteiger charge is 2.56. The summed E-state index contributed by atoms with van der Waals surface area (Å²) in [5, 5.41) is 32.0. The SMILES string of the molecule is CCCC=CC=CC[C@@H]1C[C@H](O)[C@H]2[C@@H]3C(C)=C[C@H]4C=C[C@@H](O)[C@@H](O)[C@@H]4/C(C)=C/C=C[C@@H]3C(=O)N12. The molecular weight excluding hydrogens is 426 g/mol. The topological polar surface area (TPSA) is 81.0 Å². The first-order chi connectivity index (χ1) is 16.3. The lowest BCUT2D eigenvalue weighted by Crippen LogP contribution is -2.40. The van der Waals surface area contributed by atoms with Crippen LogP contribution < -0.4 is 0 Å². The third-order valence-electron chi connectivity index (χ3n) is 8.01. The number of nitrogens with zero attached hydrogens (tertiary/aromatic N) is 1. The van der Waals surface area contributed by atoms with Gasteiger partial charge in [0.1, 0.15) is 0 Å². The molecular formula is C29H39NO4. The number of aliphatic hydroxyl groups excluding tert-OH is 3. The number of rotatable bonds is 5. The lowest BCUT2D eigenvalue weighted by atomic mass is 9.73. The van der Waals surface area contributed by atoms with Crippen molar-refractivity contribution < 1.29 is 20.1 Å². The van der Waals surface area contributed by atoms with E-state index in [2.05, 4.69) is 31.2 Å². The molecule has 0 unspecified atom stereocenters. The van der Waals surface area contributed by atoms with Crippen LogP contribution in [0.2, 0.25) is 0 Å². The van der Waals surface area contributed by atoms with Gasteiger partial charge < -0.3 is 20.2 Å². The van der Waals surface area contributed by atoms with Crippen LogP contribution in [0.15, 0.2) is 71.9 Å². The molecule has 0 spiro atoms. The fourth-order valence-corrected chi connectivity index (χ4v) is 6.36. The van der Waals surface area contributed by atoms with Gasteiger partial charge in [-0.25, -0.2) is 0 Å². The quantitative estimate of drug-likeness (QED) is 0.426. The average molecular weight is 466 g/mol. The second-order valence-electron chi connectivity index (χ2n) is 10.3. The molecule has 9 atom stereocenters. The molecule has 0 radical (unpaired) electrons. The zero-order valence-corrected chi connectivity index (χ0v) is 20.5. The molecule has 5 heteroatoms. The van der Waals surface area contributed by atoms with Gasteiger partial charge in [-0.2, -0.15) is 0 Å². The van der Waals surface area contributed by atoms with E-state index in [-0.39, 0.29) is 41.7 Å². The summed E-state index contributed by atoms with van der Waals surface area (Å²) in [6.07, 6.45) is 21.1. The van der Waals surface area contributed by atoms with Crippen molar-refractivity contribution in [3.63, 3.8) is 0 Å². The van der Waals surface area contributed by atoms with Crippen LogP contribution in [0, 0.1) is 23.7 Å². The number of carbonyl (C=O) groups is 1. The fraction of sp³-hybridized carbons (Fsp3) is 0.552. The zero-order valence-electron chi connectivity index (χ0n) is 20.5. The van der Waals surface area contributed by atoms with Crippen LogP contribution in [0.1, 0.15) is 46.5 Å². The number of aliphatic hydroxyl groups is 3. The lowest BCUT2D eigenvalue weighted by molar-refractivity contribution is -0.132. The molecule has 5 nitrogen and oxygen atoms in total. The Morgan fingerprint density at radius 2 is 1.79 bits per heavy atom. The van der Waals surface area contributed by atoms with E-state index in [1.54, 1.807) is 6.08 Å². The smallest absolute Gasteiger partial charge is 0.230 e. The van der Waals surface area contributed by atoms with E-state index in [1.807, 2.05) is 49.1 Å². The molecule has 0 bridgehead atoms. The Balaban J connectivity index is 1.63. The number of carbonyl (C=O) groups excluding carboxylic acids is 1. The molecule has 2 fully saturated rings. The minimum Gasteiger partial charge on any atom is -0.391 e. The molecule has 2 aliphatic carbocycles. The van der Waals surface area contributed by atoms with Crippen molar-refractivity contribution in [2.75, 3.05) is 0 Å². The molecule has 34 heavy (non-hydrogen) atoms. The van der Waals surface area contributed by atoms with Crippen LogP contribution in [0.3, 0.4) is 0 Å². The highest BCUT2D eigenvalue weighted by atomic mass is 16.3. The summed E-state index contributed by atoms with van der Waals surface area (Å²) in [6, 6.07) is -0.239. The van der Waals surface area contributed by atoms with Gasteiger partial charge >= 0.3 is 0 Å². The largest absolute Gasteiger partial charge is 0.391 e. The van der Waals surface area contributed by atoms with E-state index >= 15 is 0 Å². The molecule has 4 rings (SSSR count). The zero-order chi connectivity index (χ0) is 24.4. The van der Waals surface area contributed by atoms with Crippen molar-refractivity contribution >= 4 is 5.91 Å². The molecule has 2 aliphatic heterocycles. The molecule has 4 aliphatic rings. The van der Waals surface area contributed by atoms with Crippen LogP contribution in [-0.2, 0) is 4.79 Å². The summed E-state index contributed by atoms with van der Waals surface area (Å²) in [4.78, 5) is 15.6. The van der Waals surface area contributed by atoms with Crippen LogP contribution in [0.5, 0.6) is 0 Å². The van der Waals surface area contributed by atoms with E-state index in [9.17, 15) is 20.1 Å². The summed E-state index contributed by atoms with van der Waals surface area (Å²) in [5.74, 6) is -0.624. The lowest BCUT2D eigenvalue weighted by Gasteiger charge is -2.35. The van der Waals surface area contributed by atoms with E-state index in [0.717, 1.165) is 30.4 Å². The molecule has 0 aromatic carbocycles. The number of hydrogen-bond donors (Lipinski definition) is 3. The van der Waals surface area contributed by atoms with Gasteiger partial charge in [0.2, 0.25) is 5.91 Å². The van der Waals surface area contributed by atoms with Gasteiger partial charge in [0.05, 0.1) is 30.3 Å². The Hall–Kier alpha value is -2.21. The Labute approximate surface area is 203 Å². The summed E-state index contributed by atoms with van der Waals surface area (Å²) in [7, 11) is 0. The first-order valence-corrected chi connectivity index (χ1v) is 12.7. The van der Waals surface area contributed by atoms with Gasteiger partial charge in [0.15, 0.2) is 0 Å². The first kappa shape index (κ1) is 24.9. The van der Waals surface area contributed by atoms with Crippen LogP contribution in [0.25, 0.3) is 0 Å². The molecule has 2 saturated heterocycles. The maximum absolute atomic E-state index is 13.6. The third-order valence-corrected chi connectivity index (χ3v) is 8.01. The van der Waals surface area contributed by atoms with E-state index in [1.165, 1.54) is 0 Å². The normalized spacial score (nSPS) is 41.4. The minimum atomic E-state index is -0.885. The van der Waals surface area contributed by atoms with Gasteiger partial charge in [-0.1, -0.05) is 85.3 Å². The number of hydrogen-bond acceptors (Lipinski definition) is 4. The number of amides is 1. The Kier molecular flexibility index (Phi) is 7.76. The molecule has 2 heterocycles. The van der Waals surface area contributed by atoms with Crippen LogP contribution in [0.4, 0.5) is 0 Å². The van der Waals surface area contributed by atoms with Crippen molar-refractivity contribution in [1.29, 1.82) is 0 Å². The Morgan fingerprint density at radius 1 is 1.03 bits per heavy atom. The standard InChI is InChI=1S/C29H39NO4/c1-4-5-6-7-8-9-12-21-17-24(32)27-26-19(3)16-20-14-15-23(31)28(33)25(20)18(2)11-10-13-22(26)29(34)30(21)27/h6-11,13-16,20-28,31-33H,4-5,12,17H2,1-3H3/b7-6?,9-8?,13-10?,18-11+,19-16?/t20-,21-,22+,23-,24+,25-,26-,27+,28-/m1/s1. The van der Waals surface area contributed by atoms with Crippen molar-refractivity contribution in [3.8, 4) is 0 Å².